The van der Waals surface area contributed by atoms with E-state index in [9.17, 15) is 4.79 Å². The summed E-state index contributed by atoms with van der Waals surface area (Å²) in [5, 5.41) is 9.07. The molecule has 0 saturated carbocycles. The van der Waals surface area contributed by atoms with Crippen LogP contribution in [0.2, 0.25) is 0 Å². The normalized spacial score (nSPS) is 17.1. The van der Waals surface area contributed by atoms with E-state index in [2.05, 4.69) is 46.4 Å². The number of H-pyrrole nitrogens is 1. The first-order valence-corrected chi connectivity index (χ1v) is 9.61. The molecule has 0 aliphatic carbocycles. The van der Waals surface area contributed by atoms with E-state index < -0.39 is 0 Å². The van der Waals surface area contributed by atoms with Gasteiger partial charge < -0.3 is 4.90 Å². The van der Waals surface area contributed by atoms with Crippen molar-refractivity contribution < 1.29 is 4.79 Å². The van der Waals surface area contributed by atoms with Gasteiger partial charge in [0, 0.05) is 26.2 Å². The number of benzene rings is 1. The minimum Gasteiger partial charge on any atom is -0.340 e. The number of thiophene rings is 1. The van der Waals surface area contributed by atoms with Gasteiger partial charge in [-0.25, -0.2) is 0 Å². The van der Waals surface area contributed by atoms with Crippen molar-refractivity contribution in [3.05, 3.63) is 64.7 Å². The number of rotatable bonds is 4. The first kappa shape index (κ1) is 17.0. The van der Waals surface area contributed by atoms with Crippen LogP contribution in [-0.2, 0) is 13.0 Å². The fourth-order valence-corrected chi connectivity index (χ4v) is 4.32. The lowest BCUT2D eigenvalue weighted by atomic mass is 9.94. The molecule has 0 saturated heterocycles. The van der Waals surface area contributed by atoms with Crippen LogP contribution < -0.4 is 0 Å². The lowest BCUT2D eigenvalue weighted by molar-refractivity contribution is 0.0734. The molecule has 1 amide bonds. The van der Waals surface area contributed by atoms with E-state index in [0.717, 1.165) is 23.5 Å². The van der Waals surface area contributed by atoms with Crippen molar-refractivity contribution in [3.63, 3.8) is 0 Å². The van der Waals surface area contributed by atoms with Gasteiger partial charge >= 0.3 is 0 Å². The van der Waals surface area contributed by atoms with Crippen molar-refractivity contribution in [1.29, 1.82) is 0 Å². The Morgan fingerprint density at radius 3 is 2.88 bits per heavy atom. The van der Waals surface area contributed by atoms with E-state index in [1.807, 2.05) is 29.5 Å². The summed E-state index contributed by atoms with van der Waals surface area (Å²) >= 11 is 1.60. The number of aromatic amines is 1. The maximum atomic E-state index is 13.0. The molecular weight excluding hydrogens is 344 g/mol. The largest absolute Gasteiger partial charge is 0.340 e. The highest BCUT2D eigenvalue weighted by Gasteiger charge is 2.27. The van der Waals surface area contributed by atoms with Crippen molar-refractivity contribution in [1.82, 2.24) is 20.0 Å². The molecule has 0 spiro atoms. The number of carbonyl (C=O) groups is 1. The van der Waals surface area contributed by atoms with Gasteiger partial charge in [-0.1, -0.05) is 30.3 Å². The summed E-state index contributed by atoms with van der Waals surface area (Å²) in [5.41, 5.74) is 4.21. The van der Waals surface area contributed by atoms with E-state index in [4.69, 9.17) is 0 Å². The lowest BCUT2D eigenvalue weighted by Gasteiger charge is -2.36. The molecule has 0 fully saturated rings. The van der Waals surface area contributed by atoms with Crippen LogP contribution in [0, 0.1) is 0 Å². The molecule has 1 aromatic carbocycles. The number of amides is 1. The predicted octanol–water partition coefficient (Wildman–Crippen LogP) is 3.27. The summed E-state index contributed by atoms with van der Waals surface area (Å²) in [6.45, 7) is 1.62. The lowest BCUT2D eigenvalue weighted by Crippen LogP contribution is -2.46. The molecule has 1 N–H and O–H groups in total. The number of hydrogen-bond acceptors (Lipinski definition) is 4. The average molecular weight is 366 g/mol. The first-order valence-electron chi connectivity index (χ1n) is 8.73. The van der Waals surface area contributed by atoms with Crippen molar-refractivity contribution in [2.24, 2.45) is 0 Å². The Morgan fingerprint density at radius 2 is 2.12 bits per heavy atom. The molecule has 0 radical (unpaired) electrons. The SMILES string of the molecule is CN(C[C@H]1Cc2ccccc2CN1C)C(=O)c1cn[nH]c1-c1cccs1. The van der Waals surface area contributed by atoms with Gasteiger partial charge in [-0.15, -0.1) is 11.3 Å². The standard InChI is InChI=1S/C20H22N4OS/c1-23-12-15-7-4-3-6-14(15)10-16(23)13-24(2)20(25)17-11-21-22-19(17)18-8-5-9-26-18/h3-9,11,16H,10,12-13H2,1-2H3,(H,21,22)/t16-/m1/s1. The van der Waals surface area contributed by atoms with E-state index in [1.54, 1.807) is 17.5 Å². The Kier molecular flexibility index (Phi) is 4.61. The van der Waals surface area contributed by atoms with Gasteiger partial charge in [0.25, 0.3) is 5.91 Å². The van der Waals surface area contributed by atoms with Crippen LogP contribution in [0.5, 0.6) is 0 Å². The minimum absolute atomic E-state index is 0.00871. The molecule has 4 rings (SSSR count). The molecule has 5 nitrogen and oxygen atoms in total. The Morgan fingerprint density at radius 1 is 1.31 bits per heavy atom. The van der Waals surface area contributed by atoms with Gasteiger partial charge in [-0.3, -0.25) is 14.8 Å². The van der Waals surface area contributed by atoms with Crippen LogP contribution in [0.4, 0.5) is 0 Å². The monoisotopic (exact) mass is 366 g/mol. The Balaban J connectivity index is 1.50. The number of likely N-dealkylation sites (N-methyl/N-ethyl adjacent to an activating group) is 2. The zero-order valence-corrected chi connectivity index (χ0v) is 15.8. The zero-order valence-electron chi connectivity index (χ0n) is 15.0. The van der Waals surface area contributed by atoms with Gasteiger partial charge in [-0.05, 0) is 36.0 Å². The zero-order chi connectivity index (χ0) is 18.1. The van der Waals surface area contributed by atoms with Crippen LogP contribution in [0.3, 0.4) is 0 Å². The molecule has 3 aromatic rings. The summed E-state index contributed by atoms with van der Waals surface area (Å²) in [6, 6.07) is 12.9. The smallest absolute Gasteiger partial charge is 0.257 e. The molecule has 0 unspecified atom stereocenters. The van der Waals surface area contributed by atoms with Crippen molar-refractivity contribution in [3.8, 4) is 10.6 Å². The second kappa shape index (κ2) is 7.05. The van der Waals surface area contributed by atoms with E-state index in [-0.39, 0.29) is 5.91 Å². The predicted molar refractivity (Wildman–Crippen MR) is 104 cm³/mol. The number of carbonyl (C=O) groups excluding carboxylic acids is 1. The highest BCUT2D eigenvalue weighted by Crippen LogP contribution is 2.27. The van der Waals surface area contributed by atoms with E-state index >= 15 is 0 Å². The van der Waals surface area contributed by atoms with Gasteiger partial charge in [0.2, 0.25) is 0 Å². The summed E-state index contributed by atoms with van der Waals surface area (Å²) in [4.78, 5) is 18.2. The third kappa shape index (κ3) is 3.18. The van der Waals surface area contributed by atoms with Crippen LogP contribution >= 0.6 is 11.3 Å². The summed E-state index contributed by atoms with van der Waals surface area (Å²) in [5.74, 6) is 0.00871. The van der Waals surface area contributed by atoms with Gasteiger partial charge in [0.1, 0.15) is 0 Å². The van der Waals surface area contributed by atoms with Crippen LogP contribution in [-0.4, -0.2) is 52.6 Å². The number of aromatic nitrogens is 2. The molecule has 134 valence electrons. The molecule has 1 aliphatic heterocycles. The molecular formula is C20H22N4OS. The topological polar surface area (TPSA) is 52.2 Å². The van der Waals surface area contributed by atoms with Crippen molar-refractivity contribution in [2.75, 3.05) is 20.6 Å². The average Bonchev–Trinajstić information content (AvgIpc) is 3.32. The molecule has 6 heteroatoms. The quantitative estimate of drug-likeness (QED) is 0.771. The number of nitrogens with one attached hydrogen (secondary N) is 1. The second-order valence-electron chi connectivity index (χ2n) is 6.86. The highest BCUT2D eigenvalue weighted by atomic mass is 32.1. The molecule has 2 aromatic heterocycles. The maximum absolute atomic E-state index is 13.0. The summed E-state index contributed by atoms with van der Waals surface area (Å²) < 4.78 is 0. The fourth-order valence-electron chi connectivity index (χ4n) is 3.58. The molecule has 3 heterocycles. The Bertz CT molecular complexity index is 902. The molecule has 0 bridgehead atoms. The van der Waals surface area contributed by atoms with E-state index in [1.165, 1.54) is 11.1 Å². The molecule has 1 atom stereocenters. The number of hydrogen-bond donors (Lipinski definition) is 1. The highest BCUT2D eigenvalue weighted by molar-refractivity contribution is 7.13. The third-order valence-electron chi connectivity index (χ3n) is 5.09. The summed E-state index contributed by atoms with van der Waals surface area (Å²) in [6.07, 6.45) is 2.60. The van der Waals surface area contributed by atoms with Crippen molar-refractivity contribution in [2.45, 2.75) is 19.0 Å². The number of fused-ring (bicyclic) bond motifs is 1. The Labute approximate surface area is 157 Å². The third-order valence-corrected chi connectivity index (χ3v) is 5.97. The summed E-state index contributed by atoms with van der Waals surface area (Å²) in [7, 11) is 4.01. The van der Waals surface area contributed by atoms with Crippen molar-refractivity contribution >= 4 is 17.2 Å². The van der Waals surface area contributed by atoms with Gasteiger partial charge in [0.05, 0.1) is 22.3 Å². The molecule has 26 heavy (non-hydrogen) atoms. The van der Waals surface area contributed by atoms with Crippen LogP contribution in [0.25, 0.3) is 10.6 Å². The minimum atomic E-state index is 0.00871. The number of nitrogens with zero attached hydrogens (tertiary/aromatic N) is 3. The first-order chi connectivity index (χ1) is 12.6. The van der Waals surface area contributed by atoms with Gasteiger partial charge in [0.15, 0.2) is 0 Å². The van der Waals surface area contributed by atoms with Crippen LogP contribution in [0.1, 0.15) is 21.5 Å². The van der Waals surface area contributed by atoms with Gasteiger partial charge in [-0.2, -0.15) is 5.10 Å². The molecule has 1 aliphatic rings. The second-order valence-corrected chi connectivity index (χ2v) is 7.81. The van der Waals surface area contributed by atoms with Crippen LogP contribution in [0.15, 0.2) is 48.0 Å². The maximum Gasteiger partial charge on any atom is 0.257 e. The fraction of sp³-hybridized carbons (Fsp3) is 0.300. The Hall–Kier alpha value is -2.44. The van der Waals surface area contributed by atoms with E-state index in [0.29, 0.717) is 18.2 Å².